The monoisotopic (exact) mass is 644 g/mol. The van der Waals surface area contributed by atoms with Gasteiger partial charge in [-0.05, 0) is 79.1 Å². The van der Waals surface area contributed by atoms with Gasteiger partial charge in [0.2, 0.25) is 12.6 Å². The van der Waals surface area contributed by atoms with Gasteiger partial charge < -0.3 is 29.5 Å². The summed E-state index contributed by atoms with van der Waals surface area (Å²) in [5.41, 5.74) is 4.60. The van der Waals surface area contributed by atoms with Gasteiger partial charge >= 0.3 is 0 Å². The molecule has 0 aromatic heterocycles. The largest absolute Gasteiger partial charge is 0.488 e. The van der Waals surface area contributed by atoms with Crippen LogP contribution >= 0.6 is 11.6 Å². The molecule has 0 atom stereocenters. The summed E-state index contributed by atoms with van der Waals surface area (Å²) < 4.78 is 57.1. The molecular weight excluding hydrogens is 613 g/mol. The lowest BCUT2D eigenvalue weighted by atomic mass is 9.92. The third-order valence-corrected chi connectivity index (χ3v) is 8.12. The molecule has 8 nitrogen and oxygen atoms in total. The van der Waals surface area contributed by atoms with Crippen molar-refractivity contribution in [1.29, 1.82) is 0 Å². The van der Waals surface area contributed by atoms with Crippen LogP contribution in [0.3, 0.4) is 0 Å². The number of carbonyl (C=O) groups excluding carboxylic acids is 1. The SMILES string of the molecule is O=C(C1=C(c2ccc(CCCOc3c(F)ccc(F)c3F)cc2)CCNC1)N(Cc1cc2c(cc1Cl)OCO2)C1CC1.O=CO. The number of nitrogens with zero attached hydrogens (tertiary/aromatic N) is 1. The third-order valence-electron chi connectivity index (χ3n) is 7.77. The lowest BCUT2D eigenvalue weighted by Gasteiger charge is -2.28. The molecule has 2 aliphatic heterocycles. The van der Waals surface area contributed by atoms with E-state index in [1.165, 1.54) is 0 Å². The van der Waals surface area contributed by atoms with Crippen LogP contribution in [0.15, 0.2) is 54.1 Å². The minimum atomic E-state index is -1.32. The van der Waals surface area contributed by atoms with E-state index in [2.05, 4.69) is 5.32 Å². The standard InChI is InChI=1S/C32H30ClF3N2O4.CH2O2/c33-25-15-29-28(41-18-42-29)14-21(25)17-38(22-7-8-22)32(39)24-16-37-12-11-23(24)20-5-3-19(4-6-20)2-1-13-40-31-27(35)10-9-26(34)30(31)36;2-1-3/h3-6,9-10,14-15,22,37H,1-2,7-8,11-13,16-18H2;1H,(H,2,3). The second-order valence-electron chi connectivity index (χ2n) is 10.8. The van der Waals surface area contributed by atoms with E-state index in [-0.39, 0.29) is 31.8 Å². The molecule has 1 saturated carbocycles. The Bertz CT molecular complexity index is 1580. The average Bonchev–Trinajstić information content (AvgIpc) is 3.79. The van der Waals surface area contributed by atoms with Crippen LogP contribution in [0.5, 0.6) is 17.2 Å². The van der Waals surface area contributed by atoms with E-state index in [0.717, 1.165) is 65.8 Å². The van der Waals surface area contributed by atoms with Crippen molar-refractivity contribution >= 4 is 29.6 Å². The smallest absolute Gasteiger partial charge is 0.290 e. The molecule has 0 bridgehead atoms. The molecule has 1 fully saturated rings. The highest BCUT2D eigenvalue weighted by atomic mass is 35.5. The molecule has 3 aromatic rings. The molecule has 1 aliphatic carbocycles. The van der Waals surface area contributed by atoms with Crippen LogP contribution in [0.25, 0.3) is 5.57 Å². The molecule has 2 N–H and O–H groups in total. The first kappa shape index (κ1) is 32.2. The van der Waals surface area contributed by atoms with Crippen LogP contribution in [0.4, 0.5) is 13.2 Å². The van der Waals surface area contributed by atoms with E-state index in [1.807, 2.05) is 35.2 Å². The van der Waals surface area contributed by atoms with Gasteiger partial charge in [0.05, 0.1) is 6.61 Å². The van der Waals surface area contributed by atoms with Crippen molar-refractivity contribution in [2.75, 3.05) is 26.5 Å². The van der Waals surface area contributed by atoms with Crippen LogP contribution in [0, 0.1) is 17.5 Å². The minimum absolute atomic E-state index is 0.00599. The Hall–Kier alpha value is -4.22. The maximum Gasteiger partial charge on any atom is 0.290 e. The summed E-state index contributed by atoms with van der Waals surface area (Å²) >= 11 is 6.55. The Morgan fingerprint density at radius 1 is 1.07 bits per heavy atom. The molecule has 45 heavy (non-hydrogen) atoms. The number of ether oxygens (including phenoxy) is 3. The zero-order valence-electron chi connectivity index (χ0n) is 24.3. The molecule has 0 radical (unpaired) electrons. The van der Waals surface area contributed by atoms with Crippen molar-refractivity contribution in [2.24, 2.45) is 0 Å². The fourth-order valence-electron chi connectivity index (χ4n) is 5.36. The Labute approximate surface area is 263 Å². The van der Waals surface area contributed by atoms with Gasteiger partial charge in [-0.25, -0.2) is 8.78 Å². The van der Waals surface area contributed by atoms with Crippen molar-refractivity contribution in [3.63, 3.8) is 0 Å². The average molecular weight is 645 g/mol. The van der Waals surface area contributed by atoms with Crippen LogP contribution in [-0.2, 0) is 22.6 Å². The van der Waals surface area contributed by atoms with Gasteiger partial charge in [0.15, 0.2) is 28.9 Å². The number of carboxylic acid groups (broad SMARTS) is 1. The van der Waals surface area contributed by atoms with Crippen molar-refractivity contribution in [2.45, 2.75) is 44.7 Å². The zero-order valence-corrected chi connectivity index (χ0v) is 25.0. The zero-order chi connectivity index (χ0) is 31.9. The van der Waals surface area contributed by atoms with Gasteiger partial charge in [-0.15, -0.1) is 0 Å². The normalized spacial score (nSPS) is 15.3. The molecule has 12 heteroatoms. The summed E-state index contributed by atoms with van der Waals surface area (Å²) in [6, 6.07) is 13.3. The molecule has 0 spiro atoms. The third kappa shape index (κ3) is 7.72. The van der Waals surface area contributed by atoms with Crippen LogP contribution in [0.1, 0.15) is 42.4 Å². The van der Waals surface area contributed by atoms with Crippen molar-refractivity contribution in [1.82, 2.24) is 10.2 Å². The lowest BCUT2D eigenvalue weighted by Crippen LogP contribution is -2.39. The molecule has 1 amide bonds. The van der Waals surface area contributed by atoms with Crippen molar-refractivity contribution in [3.8, 4) is 17.2 Å². The molecule has 3 aromatic carbocycles. The van der Waals surface area contributed by atoms with Gasteiger partial charge in [-0.1, -0.05) is 35.9 Å². The first-order chi connectivity index (χ1) is 21.8. The Morgan fingerprint density at radius 2 is 1.76 bits per heavy atom. The van der Waals surface area contributed by atoms with Crippen LogP contribution in [-0.4, -0.2) is 54.9 Å². The number of fused-ring (bicyclic) bond motifs is 1. The Balaban J connectivity index is 0.00000128. The van der Waals surface area contributed by atoms with E-state index >= 15 is 0 Å². The number of amides is 1. The number of hydrogen-bond donors (Lipinski definition) is 2. The summed E-state index contributed by atoms with van der Waals surface area (Å²) in [6.45, 7) is 1.59. The molecule has 0 saturated heterocycles. The van der Waals surface area contributed by atoms with Gasteiger partial charge in [-0.2, -0.15) is 4.39 Å². The lowest BCUT2D eigenvalue weighted by molar-refractivity contribution is -0.128. The quantitative estimate of drug-likeness (QED) is 0.156. The van der Waals surface area contributed by atoms with Crippen LogP contribution < -0.4 is 19.5 Å². The van der Waals surface area contributed by atoms with Crippen molar-refractivity contribution < 1.29 is 42.1 Å². The summed E-state index contributed by atoms with van der Waals surface area (Å²) in [4.78, 5) is 24.3. The second kappa shape index (κ2) is 14.7. The van der Waals surface area contributed by atoms with E-state index in [0.29, 0.717) is 42.5 Å². The fraction of sp³-hybridized carbons (Fsp3) is 0.333. The summed E-state index contributed by atoms with van der Waals surface area (Å²) in [7, 11) is 0. The molecule has 238 valence electrons. The van der Waals surface area contributed by atoms with Gasteiger partial charge in [0.1, 0.15) is 0 Å². The molecule has 2 heterocycles. The molecule has 0 unspecified atom stereocenters. The number of aryl methyl sites for hydroxylation is 1. The highest BCUT2D eigenvalue weighted by molar-refractivity contribution is 6.31. The second-order valence-corrected chi connectivity index (χ2v) is 11.2. The number of rotatable bonds is 10. The van der Waals surface area contributed by atoms with E-state index in [1.54, 1.807) is 6.07 Å². The van der Waals surface area contributed by atoms with Crippen molar-refractivity contribution in [3.05, 3.63) is 93.3 Å². The predicted octanol–water partition coefficient (Wildman–Crippen LogP) is 6.14. The number of carbonyl (C=O) groups is 2. The summed E-state index contributed by atoms with van der Waals surface area (Å²) in [6.07, 6.45) is 3.74. The number of benzene rings is 3. The van der Waals surface area contributed by atoms with E-state index in [9.17, 15) is 18.0 Å². The number of nitrogens with one attached hydrogen (secondary N) is 1. The topological polar surface area (TPSA) is 97.3 Å². The first-order valence-electron chi connectivity index (χ1n) is 14.6. The highest BCUT2D eigenvalue weighted by Crippen LogP contribution is 2.39. The first-order valence-corrected chi connectivity index (χ1v) is 14.9. The molecule has 6 rings (SSSR count). The predicted molar refractivity (Wildman–Crippen MR) is 161 cm³/mol. The Kier molecular flexibility index (Phi) is 10.5. The fourth-order valence-corrected chi connectivity index (χ4v) is 5.58. The number of halogens is 4. The van der Waals surface area contributed by atoms with Crippen LogP contribution in [0.2, 0.25) is 5.02 Å². The van der Waals surface area contributed by atoms with E-state index < -0.39 is 23.2 Å². The Morgan fingerprint density at radius 3 is 2.47 bits per heavy atom. The van der Waals surface area contributed by atoms with Gasteiger partial charge in [0.25, 0.3) is 12.4 Å². The molecule has 3 aliphatic rings. The summed E-state index contributed by atoms with van der Waals surface area (Å²) in [5, 5.41) is 10.8. The number of hydrogen-bond acceptors (Lipinski definition) is 6. The maximum absolute atomic E-state index is 14.0. The van der Waals surface area contributed by atoms with E-state index in [4.69, 9.17) is 35.7 Å². The maximum atomic E-state index is 14.0. The minimum Gasteiger partial charge on any atom is -0.488 e. The van der Waals surface area contributed by atoms with Gasteiger partial charge in [-0.3, -0.25) is 9.59 Å². The van der Waals surface area contributed by atoms with Gasteiger partial charge in [0, 0.05) is 35.8 Å². The highest BCUT2D eigenvalue weighted by Gasteiger charge is 2.36. The summed E-state index contributed by atoms with van der Waals surface area (Å²) in [5.74, 6) is -2.84. The molecular formula is C33H32ClF3N2O6.